The van der Waals surface area contributed by atoms with Gasteiger partial charge >= 0.3 is 0 Å². The minimum atomic E-state index is 0.441. The first-order chi connectivity index (χ1) is 9.04. The first kappa shape index (κ1) is 16.2. The third-order valence-corrected chi connectivity index (χ3v) is 3.23. The number of ether oxygens (including phenoxy) is 1. The van der Waals surface area contributed by atoms with Gasteiger partial charge in [0.25, 0.3) is 0 Å². The Hall–Kier alpha value is -0.880. The highest BCUT2D eigenvalue weighted by atomic mass is 35.5. The van der Waals surface area contributed by atoms with Crippen LogP contribution in [0.2, 0.25) is 10.0 Å². The average molecular weight is 320 g/mol. The van der Waals surface area contributed by atoms with Gasteiger partial charge < -0.3 is 10.1 Å². The third kappa shape index (κ3) is 5.74. The molecule has 0 aromatic heterocycles. The van der Waals surface area contributed by atoms with Gasteiger partial charge in [0.05, 0.1) is 22.4 Å². The van der Waals surface area contributed by atoms with Crippen LogP contribution < -0.4 is 10.7 Å². The number of methoxy groups -OCH3 is 1. The zero-order valence-corrected chi connectivity index (χ0v) is 13.0. The van der Waals surface area contributed by atoms with Gasteiger partial charge in [-0.3, -0.25) is 5.43 Å². The summed E-state index contributed by atoms with van der Waals surface area (Å²) in [5.41, 5.74) is 4.39. The monoisotopic (exact) mass is 319 g/mol. The summed E-state index contributed by atoms with van der Waals surface area (Å²) in [5, 5.41) is 8.57. The number of halogens is 2. The summed E-state index contributed by atoms with van der Waals surface area (Å²) in [6.45, 7) is 3.06. The lowest BCUT2D eigenvalue weighted by Gasteiger charge is -2.07. The van der Waals surface area contributed by atoms with Crippen LogP contribution >= 0.6 is 35.4 Å². The van der Waals surface area contributed by atoms with Crippen molar-refractivity contribution >= 4 is 46.2 Å². The van der Waals surface area contributed by atoms with Crippen LogP contribution in [0.3, 0.4) is 0 Å². The molecule has 19 heavy (non-hydrogen) atoms. The lowest BCUT2D eigenvalue weighted by Crippen LogP contribution is -2.34. The van der Waals surface area contributed by atoms with Gasteiger partial charge in [-0.25, -0.2) is 0 Å². The second-order valence-corrected chi connectivity index (χ2v) is 4.91. The molecule has 1 rings (SSSR count). The largest absolute Gasteiger partial charge is 0.383 e. The Morgan fingerprint density at radius 2 is 2.11 bits per heavy atom. The number of nitrogens with zero attached hydrogens (tertiary/aromatic N) is 1. The maximum atomic E-state index is 5.95. The lowest BCUT2D eigenvalue weighted by molar-refractivity contribution is 0.204. The molecule has 1 aromatic carbocycles. The third-order valence-electron chi connectivity index (χ3n) is 2.25. The first-order valence-electron chi connectivity index (χ1n) is 5.57. The van der Waals surface area contributed by atoms with E-state index in [1.54, 1.807) is 19.2 Å². The van der Waals surface area contributed by atoms with E-state index in [-0.39, 0.29) is 0 Å². The van der Waals surface area contributed by atoms with Crippen molar-refractivity contribution in [1.82, 2.24) is 10.7 Å². The minimum Gasteiger partial charge on any atom is -0.383 e. The normalized spacial score (nSPS) is 11.3. The number of hydrazone groups is 1. The van der Waals surface area contributed by atoms with Crippen molar-refractivity contribution in [2.75, 3.05) is 20.3 Å². The van der Waals surface area contributed by atoms with Crippen molar-refractivity contribution in [2.24, 2.45) is 5.10 Å². The van der Waals surface area contributed by atoms with Crippen molar-refractivity contribution in [2.45, 2.75) is 6.92 Å². The first-order valence-corrected chi connectivity index (χ1v) is 6.73. The van der Waals surface area contributed by atoms with Crippen molar-refractivity contribution < 1.29 is 4.74 Å². The standard InChI is InChI=1S/C12H15Cl2N3OS/c1-8(9-3-4-10(13)11(14)7-9)16-17-12(19)15-5-6-18-2/h3-4,7H,5-6H2,1-2H3,(H2,15,17,19)/b16-8-. The molecule has 0 spiro atoms. The average Bonchev–Trinajstić information content (AvgIpc) is 2.39. The Morgan fingerprint density at radius 3 is 2.74 bits per heavy atom. The summed E-state index contributed by atoms with van der Waals surface area (Å²) >= 11 is 16.8. The van der Waals surface area contributed by atoms with E-state index >= 15 is 0 Å². The maximum absolute atomic E-state index is 5.95. The molecule has 0 saturated carbocycles. The number of hydrogen-bond acceptors (Lipinski definition) is 3. The topological polar surface area (TPSA) is 45.6 Å². The molecule has 4 nitrogen and oxygen atoms in total. The fraction of sp³-hybridized carbons (Fsp3) is 0.333. The van der Waals surface area contributed by atoms with Gasteiger partial charge in [-0.1, -0.05) is 29.3 Å². The van der Waals surface area contributed by atoms with E-state index in [4.69, 9.17) is 40.2 Å². The molecular weight excluding hydrogens is 305 g/mol. The predicted molar refractivity (Wildman–Crippen MR) is 84.3 cm³/mol. The van der Waals surface area contributed by atoms with Crippen molar-refractivity contribution in [3.05, 3.63) is 33.8 Å². The SMILES string of the molecule is COCCNC(=S)N/N=C(/C)c1ccc(Cl)c(Cl)c1. The van der Waals surface area contributed by atoms with E-state index in [0.717, 1.165) is 11.3 Å². The summed E-state index contributed by atoms with van der Waals surface area (Å²) in [4.78, 5) is 0. The second kappa shape index (κ2) is 8.32. The van der Waals surface area contributed by atoms with Gasteiger partial charge in [0.15, 0.2) is 5.11 Å². The van der Waals surface area contributed by atoms with E-state index in [0.29, 0.717) is 28.3 Å². The lowest BCUT2D eigenvalue weighted by atomic mass is 10.1. The maximum Gasteiger partial charge on any atom is 0.187 e. The molecule has 104 valence electrons. The molecule has 0 aliphatic heterocycles. The van der Waals surface area contributed by atoms with E-state index in [2.05, 4.69) is 15.8 Å². The second-order valence-electron chi connectivity index (χ2n) is 3.69. The Labute approximate surface area is 128 Å². The Morgan fingerprint density at radius 1 is 1.37 bits per heavy atom. The minimum absolute atomic E-state index is 0.441. The molecule has 0 saturated heterocycles. The fourth-order valence-corrected chi connectivity index (χ4v) is 1.67. The van der Waals surface area contributed by atoms with Crippen LogP contribution in [0.15, 0.2) is 23.3 Å². The molecule has 0 amide bonds. The van der Waals surface area contributed by atoms with Crippen molar-refractivity contribution in [1.29, 1.82) is 0 Å². The van der Waals surface area contributed by atoms with Crippen LogP contribution in [0, 0.1) is 0 Å². The van der Waals surface area contributed by atoms with Crippen LogP contribution in [0.4, 0.5) is 0 Å². The number of hydrogen-bond donors (Lipinski definition) is 2. The van der Waals surface area contributed by atoms with E-state index in [9.17, 15) is 0 Å². The molecule has 0 atom stereocenters. The predicted octanol–water partition coefficient (Wildman–Crippen LogP) is 2.83. The van der Waals surface area contributed by atoms with Crippen LogP contribution in [-0.2, 0) is 4.74 Å². The number of benzene rings is 1. The summed E-state index contributed by atoms with van der Waals surface area (Å²) in [6.07, 6.45) is 0. The van der Waals surface area contributed by atoms with Crippen molar-refractivity contribution in [3.63, 3.8) is 0 Å². The molecule has 2 N–H and O–H groups in total. The van der Waals surface area contributed by atoms with Gasteiger partial charge in [0.2, 0.25) is 0 Å². The van der Waals surface area contributed by atoms with Gasteiger partial charge in [-0.2, -0.15) is 5.10 Å². The van der Waals surface area contributed by atoms with Crippen LogP contribution in [0.5, 0.6) is 0 Å². The zero-order valence-electron chi connectivity index (χ0n) is 10.7. The van der Waals surface area contributed by atoms with Gasteiger partial charge in [-0.15, -0.1) is 0 Å². The van der Waals surface area contributed by atoms with E-state index in [1.165, 1.54) is 0 Å². The van der Waals surface area contributed by atoms with Crippen LogP contribution in [-0.4, -0.2) is 31.1 Å². The van der Waals surface area contributed by atoms with Gasteiger partial charge in [-0.05, 0) is 36.8 Å². The number of nitrogens with one attached hydrogen (secondary N) is 2. The summed E-state index contributed by atoms with van der Waals surface area (Å²) in [6, 6.07) is 5.33. The smallest absolute Gasteiger partial charge is 0.187 e. The fourth-order valence-electron chi connectivity index (χ4n) is 1.23. The quantitative estimate of drug-likeness (QED) is 0.379. The molecule has 0 fully saturated rings. The van der Waals surface area contributed by atoms with Crippen molar-refractivity contribution in [3.8, 4) is 0 Å². The highest BCUT2D eigenvalue weighted by Gasteiger charge is 2.02. The summed E-state index contributed by atoms with van der Waals surface area (Å²) in [7, 11) is 1.63. The molecule has 0 aliphatic carbocycles. The molecule has 1 aromatic rings. The molecular formula is C12H15Cl2N3OS. The van der Waals surface area contributed by atoms with E-state index < -0.39 is 0 Å². The molecule has 0 aliphatic rings. The number of rotatable bonds is 5. The number of thiocarbonyl (C=S) groups is 1. The summed E-state index contributed by atoms with van der Waals surface area (Å²) in [5.74, 6) is 0. The Balaban J connectivity index is 2.56. The zero-order chi connectivity index (χ0) is 14.3. The highest BCUT2D eigenvalue weighted by Crippen LogP contribution is 2.22. The molecule has 0 radical (unpaired) electrons. The Kier molecular flexibility index (Phi) is 7.09. The van der Waals surface area contributed by atoms with Gasteiger partial charge in [0, 0.05) is 13.7 Å². The molecule has 0 heterocycles. The van der Waals surface area contributed by atoms with Crippen LogP contribution in [0.1, 0.15) is 12.5 Å². The van der Waals surface area contributed by atoms with Gasteiger partial charge in [0.1, 0.15) is 0 Å². The molecule has 0 unspecified atom stereocenters. The van der Waals surface area contributed by atoms with Crippen LogP contribution in [0.25, 0.3) is 0 Å². The summed E-state index contributed by atoms with van der Waals surface area (Å²) < 4.78 is 4.90. The Bertz CT molecular complexity index is 480. The molecule has 7 heteroatoms. The molecule has 0 bridgehead atoms. The van der Waals surface area contributed by atoms with E-state index in [1.807, 2.05) is 13.0 Å². The highest BCUT2D eigenvalue weighted by molar-refractivity contribution is 7.80.